The first kappa shape index (κ1) is 32.2. The van der Waals surface area contributed by atoms with Crippen molar-refractivity contribution >= 4 is 16.3 Å². The van der Waals surface area contributed by atoms with Gasteiger partial charge in [-0.3, -0.25) is 0 Å². The Morgan fingerprint density at radius 3 is 1.38 bits per heavy atom. The van der Waals surface area contributed by atoms with Gasteiger partial charge in [-0.25, -0.2) is 19.5 Å². The highest BCUT2D eigenvalue weighted by molar-refractivity contribution is 6.13. The predicted molar refractivity (Wildman–Crippen MR) is 224 cm³/mol. The summed E-state index contributed by atoms with van der Waals surface area (Å²) in [6.07, 6.45) is 2.00. The van der Waals surface area contributed by atoms with Crippen LogP contribution in [0.3, 0.4) is 0 Å². The Hall–Kier alpha value is -7.50. The number of pyridine rings is 1. The summed E-state index contributed by atoms with van der Waals surface area (Å²) in [6.45, 7) is 0. The normalized spacial score (nSPS) is 11.3. The number of benzene rings is 7. The average Bonchev–Trinajstić information content (AvgIpc) is 3.72. The second-order valence-electron chi connectivity index (χ2n) is 13.5. The Labute approximate surface area is 318 Å². The van der Waals surface area contributed by atoms with Gasteiger partial charge in [-0.15, -0.1) is 0 Å². The van der Waals surface area contributed by atoms with E-state index in [0.29, 0.717) is 17.5 Å². The van der Waals surface area contributed by atoms with E-state index in [9.17, 15) is 0 Å². The maximum Gasteiger partial charge on any atom is 0.164 e. The van der Waals surface area contributed by atoms with Gasteiger partial charge in [0.15, 0.2) is 17.5 Å². The molecule has 7 aromatic carbocycles. The molecule has 0 saturated heterocycles. The van der Waals surface area contributed by atoms with E-state index in [0.717, 1.165) is 72.2 Å². The van der Waals surface area contributed by atoms with E-state index in [1.54, 1.807) is 0 Å². The number of hydrogen-bond donors (Lipinski definition) is 0. The second-order valence-corrected chi connectivity index (χ2v) is 13.5. The molecule has 0 atom stereocenters. The Bertz CT molecular complexity index is 2880. The van der Waals surface area contributed by atoms with E-state index in [4.69, 9.17) is 20.1 Å². The van der Waals surface area contributed by atoms with Crippen molar-refractivity contribution in [3.05, 3.63) is 200 Å². The highest BCUT2D eigenvalue weighted by atomic mass is 15.2. The molecular formula is C50H33N5. The Morgan fingerprint density at radius 2 is 0.782 bits per heavy atom. The van der Waals surface area contributed by atoms with Gasteiger partial charge >= 0.3 is 0 Å². The fourth-order valence-electron chi connectivity index (χ4n) is 7.51. The number of nitrogens with zero attached hydrogens (tertiary/aromatic N) is 5. The summed E-state index contributed by atoms with van der Waals surface area (Å²) in [5.74, 6) is 1.92. The van der Waals surface area contributed by atoms with Gasteiger partial charge in [0.25, 0.3) is 0 Å². The molecule has 0 saturated carbocycles. The van der Waals surface area contributed by atoms with Gasteiger partial charge in [0.2, 0.25) is 0 Å². The highest BCUT2D eigenvalue weighted by Gasteiger charge is 2.21. The van der Waals surface area contributed by atoms with Crippen LogP contribution in [-0.2, 0) is 0 Å². The zero-order valence-corrected chi connectivity index (χ0v) is 29.8. The van der Waals surface area contributed by atoms with Crippen molar-refractivity contribution in [3.8, 4) is 78.8 Å². The molecule has 0 aliphatic carbocycles. The summed E-state index contributed by atoms with van der Waals surface area (Å²) in [5.41, 5.74) is 12.8. The van der Waals surface area contributed by atoms with Gasteiger partial charge in [0.05, 0.1) is 17.4 Å². The van der Waals surface area contributed by atoms with Gasteiger partial charge in [-0.1, -0.05) is 188 Å². The fourth-order valence-corrected chi connectivity index (χ4v) is 7.51. The molecule has 258 valence electrons. The molecule has 0 radical (unpaired) electrons. The third kappa shape index (κ3) is 5.94. The van der Waals surface area contributed by atoms with Crippen LogP contribution >= 0.6 is 0 Å². The SMILES string of the molecule is c1ccc(-c2nc(-c3ccccc3)nc(-c3cccc(-c4ccc(-c5c(-c6ccccc6)n6ncc(-c7ccccc7)c6c6ccccc56)cc4)c3)n2)cc1. The first-order valence-electron chi connectivity index (χ1n) is 18.4. The Kier molecular flexibility index (Phi) is 8.08. The van der Waals surface area contributed by atoms with Crippen molar-refractivity contribution in [2.45, 2.75) is 0 Å². The van der Waals surface area contributed by atoms with E-state index in [-0.39, 0.29) is 0 Å². The van der Waals surface area contributed by atoms with Crippen LogP contribution in [0, 0.1) is 0 Å². The second kappa shape index (κ2) is 13.8. The molecule has 5 nitrogen and oxygen atoms in total. The molecule has 10 aromatic rings. The molecule has 0 N–H and O–H groups in total. The van der Waals surface area contributed by atoms with Gasteiger partial charge < -0.3 is 0 Å². The van der Waals surface area contributed by atoms with Crippen LogP contribution in [0.1, 0.15) is 0 Å². The van der Waals surface area contributed by atoms with Gasteiger partial charge in [0.1, 0.15) is 0 Å². The number of hydrogen-bond acceptors (Lipinski definition) is 4. The molecule has 3 heterocycles. The summed E-state index contributed by atoms with van der Waals surface area (Å²) < 4.78 is 2.13. The van der Waals surface area contributed by atoms with Crippen LogP contribution in [0.5, 0.6) is 0 Å². The lowest BCUT2D eigenvalue weighted by molar-refractivity contribution is 0.976. The topological polar surface area (TPSA) is 56.0 Å². The maximum absolute atomic E-state index is 5.06. The van der Waals surface area contributed by atoms with Crippen molar-refractivity contribution < 1.29 is 0 Å². The molecule has 0 amide bonds. The van der Waals surface area contributed by atoms with E-state index in [1.165, 1.54) is 5.39 Å². The predicted octanol–water partition coefficient (Wildman–Crippen LogP) is 12.3. The van der Waals surface area contributed by atoms with Crippen LogP contribution in [-0.4, -0.2) is 24.6 Å². The number of aromatic nitrogens is 5. The summed E-state index contributed by atoms with van der Waals surface area (Å²) in [7, 11) is 0. The third-order valence-corrected chi connectivity index (χ3v) is 10.1. The van der Waals surface area contributed by atoms with E-state index < -0.39 is 0 Å². The van der Waals surface area contributed by atoms with Crippen molar-refractivity contribution in [1.29, 1.82) is 0 Å². The Balaban J connectivity index is 1.10. The van der Waals surface area contributed by atoms with Crippen LogP contribution in [0.15, 0.2) is 200 Å². The summed E-state index contributed by atoms with van der Waals surface area (Å²) in [4.78, 5) is 14.8. The van der Waals surface area contributed by atoms with Crippen LogP contribution in [0.4, 0.5) is 0 Å². The average molecular weight is 704 g/mol. The van der Waals surface area contributed by atoms with Crippen LogP contribution in [0.25, 0.3) is 95.1 Å². The van der Waals surface area contributed by atoms with Crippen LogP contribution in [0.2, 0.25) is 0 Å². The van der Waals surface area contributed by atoms with Gasteiger partial charge in [0, 0.05) is 38.8 Å². The van der Waals surface area contributed by atoms with E-state index in [1.807, 2.05) is 66.9 Å². The fraction of sp³-hybridized carbons (Fsp3) is 0. The number of fused-ring (bicyclic) bond motifs is 3. The summed E-state index contributed by atoms with van der Waals surface area (Å²) >= 11 is 0. The minimum Gasteiger partial charge on any atom is -0.231 e. The third-order valence-electron chi connectivity index (χ3n) is 10.1. The molecular weight excluding hydrogens is 671 g/mol. The molecule has 0 aliphatic rings. The standard InChI is InChI=1S/C50H33N5/c1-5-16-35(17-6-1)44-33-51-55-46(37-18-7-2-8-19-37)45(42-26-13-14-27-43(42)47(44)55)36-30-28-34(29-31-36)40-24-15-25-41(32-40)50-53-48(38-20-9-3-10-21-38)52-49(54-50)39-22-11-4-12-23-39/h1-33H. The molecule has 0 spiro atoms. The van der Waals surface area contributed by atoms with Crippen LogP contribution < -0.4 is 0 Å². The number of rotatable bonds is 7. The van der Waals surface area contributed by atoms with Crippen molar-refractivity contribution in [2.24, 2.45) is 0 Å². The minimum absolute atomic E-state index is 0.632. The summed E-state index contributed by atoms with van der Waals surface area (Å²) in [6, 6.07) is 67.3. The zero-order valence-electron chi connectivity index (χ0n) is 29.8. The lowest BCUT2D eigenvalue weighted by atomic mass is 9.91. The molecule has 0 aliphatic heterocycles. The quantitative estimate of drug-likeness (QED) is 0.166. The lowest BCUT2D eigenvalue weighted by Gasteiger charge is -2.18. The van der Waals surface area contributed by atoms with E-state index in [2.05, 4.69) is 138 Å². The molecule has 5 heteroatoms. The minimum atomic E-state index is 0.632. The van der Waals surface area contributed by atoms with Gasteiger partial charge in [-0.2, -0.15) is 5.10 Å². The van der Waals surface area contributed by atoms with Crippen molar-refractivity contribution in [1.82, 2.24) is 24.6 Å². The molecule has 55 heavy (non-hydrogen) atoms. The first-order valence-corrected chi connectivity index (χ1v) is 18.4. The highest BCUT2D eigenvalue weighted by Crippen LogP contribution is 2.43. The van der Waals surface area contributed by atoms with Crippen molar-refractivity contribution in [2.75, 3.05) is 0 Å². The lowest BCUT2D eigenvalue weighted by Crippen LogP contribution is -2.00. The zero-order chi connectivity index (χ0) is 36.6. The van der Waals surface area contributed by atoms with Crippen molar-refractivity contribution in [3.63, 3.8) is 0 Å². The molecule has 0 fully saturated rings. The molecule has 0 unspecified atom stereocenters. The molecule has 3 aromatic heterocycles. The molecule has 0 bridgehead atoms. The maximum atomic E-state index is 5.06. The van der Waals surface area contributed by atoms with E-state index >= 15 is 0 Å². The smallest absolute Gasteiger partial charge is 0.164 e. The monoisotopic (exact) mass is 703 g/mol. The summed E-state index contributed by atoms with van der Waals surface area (Å²) in [5, 5.41) is 7.40. The first-order chi connectivity index (χ1) is 27.3. The molecule has 10 rings (SSSR count). The van der Waals surface area contributed by atoms with Gasteiger partial charge in [-0.05, 0) is 33.7 Å². The Morgan fingerprint density at radius 1 is 0.327 bits per heavy atom. The largest absolute Gasteiger partial charge is 0.231 e.